The number of amides is 3. The lowest BCUT2D eigenvalue weighted by atomic mass is 10.2. The van der Waals surface area contributed by atoms with Gasteiger partial charge in [-0.05, 0) is 25.9 Å². The van der Waals surface area contributed by atoms with E-state index < -0.39 is 0 Å². The molecular formula is C9H17N3O2. The summed E-state index contributed by atoms with van der Waals surface area (Å²) in [6, 6.07) is -0.388. The summed E-state index contributed by atoms with van der Waals surface area (Å²) in [5.41, 5.74) is 0. The van der Waals surface area contributed by atoms with Gasteiger partial charge < -0.3 is 10.6 Å². The van der Waals surface area contributed by atoms with Crippen LogP contribution in [0.25, 0.3) is 0 Å². The smallest absolute Gasteiger partial charge is 0.321 e. The molecule has 0 aromatic heterocycles. The molecule has 3 N–H and O–H groups in total. The average Bonchev–Trinajstić information content (AvgIpc) is 2.21. The van der Waals surface area contributed by atoms with Crippen LogP contribution in [0.4, 0.5) is 4.79 Å². The zero-order valence-corrected chi connectivity index (χ0v) is 8.27. The van der Waals surface area contributed by atoms with Crippen LogP contribution in [0.15, 0.2) is 0 Å². The van der Waals surface area contributed by atoms with Crippen molar-refractivity contribution in [3.63, 3.8) is 0 Å². The second-order valence-electron chi connectivity index (χ2n) is 3.36. The Balaban J connectivity index is 0.000000146. The molecule has 0 aliphatic carbocycles. The molecule has 2 saturated heterocycles. The number of nitrogens with one attached hydrogen (secondary N) is 3. The number of rotatable bonds is 0. The summed E-state index contributed by atoms with van der Waals surface area (Å²) in [5, 5.41) is 7.82. The Kier molecular flexibility index (Phi) is 4.99. The first-order chi connectivity index (χ1) is 6.79. The first-order valence-corrected chi connectivity index (χ1v) is 5.07. The van der Waals surface area contributed by atoms with Gasteiger partial charge in [0.05, 0.1) is 0 Å². The van der Waals surface area contributed by atoms with Crippen molar-refractivity contribution in [3.8, 4) is 0 Å². The molecule has 2 rings (SSSR count). The summed E-state index contributed by atoms with van der Waals surface area (Å²) in [7, 11) is 0. The molecule has 0 spiro atoms. The highest BCUT2D eigenvalue weighted by Gasteiger charge is 2.11. The van der Waals surface area contributed by atoms with E-state index in [9.17, 15) is 9.59 Å². The summed E-state index contributed by atoms with van der Waals surface area (Å²) in [4.78, 5) is 20.5. The first kappa shape index (κ1) is 11.0. The van der Waals surface area contributed by atoms with E-state index >= 15 is 0 Å². The van der Waals surface area contributed by atoms with Gasteiger partial charge in [0.15, 0.2) is 0 Å². The van der Waals surface area contributed by atoms with E-state index in [0.717, 1.165) is 0 Å². The maximum atomic E-state index is 10.3. The lowest BCUT2D eigenvalue weighted by Crippen LogP contribution is -2.46. The highest BCUT2D eigenvalue weighted by Crippen LogP contribution is 1.96. The van der Waals surface area contributed by atoms with E-state index in [2.05, 4.69) is 16.0 Å². The molecule has 5 nitrogen and oxygen atoms in total. The maximum Gasteiger partial charge on any atom is 0.321 e. The molecular weight excluding hydrogens is 182 g/mol. The van der Waals surface area contributed by atoms with Crippen molar-refractivity contribution in [2.24, 2.45) is 0 Å². The first-order valence-electron chi connectivity index (χ1n) is 5.07. The van der Waals surface area contributed by atoms with Crippen LogP contribution < -0.4 is 16.0 Å². The Hall–Kier alpha value is -1.10. The molecule has 0 atom stereocenters. The second-order valence-corrected chi connectivity index (χ2v) is 3.36. The summed E-state index contributed by atoms with van der Waals surface area (Å²) >= 11 is 0. The number of carbonyl (C=O) groups is 2. The molecule has 5 heteroatoms. The summed E-state index contributed by atoms with van der Waals surface area (Å²) in [5.74, 6) is -0.200. The van der Waals surface area contributed by atoms with Crippen LogP contribution in [0, 0.1) is 0 Å². The van der Waals surface area contributed by atoms with E-state index in [-0.39, 0.29) is 11.9 Å². The fraction of sp³-hybridized carbons (Fsp3) is 0.778. The van der Waals surface area contributed by atoms with Crippen molar-refractivity contribution >= 4 is 11.9 Å². The van der Waals surface area contributed by atoms with Crippen molar-refractivity contribution in [1.82, 2.24) is 16.0 Å². The molecule has 0 saturated carbocycles. The van der Waals surface area contributed by atoms with E-state index in [1.54, 1.807) is 0 Å². The Bertz CT molecular complexity index is 177. The number of urea groups is 1. The Morgan fingerprint density at radius 3 is 1.93 bits per heavy atom. The topological polar surface area (TPSA) is 70.2 Å². The molecule has 80 valence electrons. The van der Waals surface area contributed by atoms with Gasteiger partial charge in [-0.3, -0.25) is 10.1 Å². The third-order valence-corrected chi connectivity index (χ3v) is 2.10. The van der Waals surface area contributed by atoms with Crippen LogP contribution in [-0.2, 0) is 4.79 Å². The third-order valence-electron chi connectivity index (χ3n) is 2.10. The van der Waals surface area contributed by atoms with Gasteiger partial charge in [-0.25, -0.2) is 4.79 Å². The predicted molar refractivity (Wildman–Crippen MR) is 52.9 cm³/mol. The lowest BCUT2D eigenvalue weighted by molar-refractivity contribution is -0.120. The van der Waals surface area contributed by atoms with E-state index in [0.29, 0.717) is 13.0 Å². The molecule has 3 amide bonds. The molecule has 0 aromatic rings. The maximum absolute atomic E-state index is 10.3. The monoisotopic (exact) mass is 199 g/mol. The molecule has 2 aliphatic rings. The van der Waals surface area contributed by atoms with Gasteiger partial charge in [-0.1, -0.05) is 6.42 Å². The minimum absolute atomic E-state index is 0.200. The minimum Gasteiger partial charge on any atom is -0.337 e. The van der Waals surface area contributed by atoms with Gasteiger partial charge in [0.2, 0.25) is 5.91 Å². The number of hydrogen-bond acceptors (Lipinski definition) is 3. The van der Waals surface area contributed by atoms with E-state index in [1.807, 2.05) is 0 Å². The fourth-order valence-corrected chi connectivity index (χ4v) is 1.32. The summed E-state index contributed by atoms with van der Waals surface area (Å²) in [6.07, 6.45) is 4.61. The van der Waals surface area contributed by atoms with Gasteiger partial charge in [-0.2, -0.15) is 0 Å². The van der Waals surface area contributed by atoms with Crippen LogP contribution in [-0.4, -0.2) is 31.6 Å². The number of imide groups is 1. The van der Waals surface area contributed by atoms with Crippen molar-refractivity contribution in [3.05, 3.63) is 0 Å². The molecule has 0 radical (unpaired) electrons. The molecule has 2 heterocycles. The van der Waals surface area contributed by atoms with E-state index in [1.165, 1.54) is 32.4 Å². The van der Waals surface area contributed by atoms with Crippen molar-refractivity contribution < 1.29 is 9.59 Å². The molecule has 0 unspecified atom stereocenters. The molecule has 2 aliphatic heterocycles. The van der Waals surface area contributed by atoms with Gasteiger partial charge in [0, 0.05) is 13.0 Å². The van der Waals surface area contributed by atoms with Crippen LogP contribution in [0.1, 0.15) is 25.7 Å². The van der Waals surface area contributed by atoms with Crippen molar-refractivity contribution in [2.45, 2.75) is 25.7 Å². The molecule has 0 bridgehead atoms. The normalized spacial score (nSPS) is 21.4. The minimum atomic E-state index is -0.388. The van der Waals surface area contributed by atoms with Gasteiger partial charge in [0.1, 0.15) is 0 Å². The third kappa shape index (κ3) is 4.81. The highest BCUT2D eigenvalue weighted by molar-refractivity contribution is 5.96. The van der Waals surface area contributed by atoms with Crippen LogP contribution in [0.2, 0.25) is 0 Å². The highest BCUT2D eigenvalue weighted by atomic mass is 16.2. The molecule has 2 fully saturated rings. The number of hydrogen-bond donors (Lipinski definition) is 3. The summed E-state index contributed by atoms with van der Waals surface area (Å²) in [6.45, 7) is 2.96. The lowest BCUT2D eigenvalue weighted by Gasteiger charge is -2.10. The van der Waals surface area contributed by atoms with E-state index in [4.69, 9.17) is 0 Å². The van der Waals surface area contributed by atoms with Gasteiger partial charge >= 0.3 is 6.03 Å². The second kappa shape index (κ2) is 6.37. The fourth-order valence-electron chi connectivity index (χ4n) is 1.32. The predicted octanol–water partition coefficient (Wildman–Crippen LogP) is -0.0242. The van der Waals surface area contributed by atoms with Gasteiger partial charge in [0.25, 0.3) is 0 Å². The zero-order valence-electron chi connectivity index (χ0n) is 8.27. The van der Waals surface area contributed by atoms with Crippen LogP contribution in [0.3, 0.4) is 0 Å². The van der Waals surface area contributed by atoms with Crippen molar-refractivity contribution in [2.75, 3.05) is 19.6 Å². The molecule has 0 aromatic carbocycles. The average molecular weight is 199 g/mol. The Labute approximate surface area is 83.6 Å². The molecule has 14 heavy (non-hydrogen) atoms. The standard InChI is InChI=1S/C5H11N.C4H6N2O2/c1-2-4-6-5-3-1;7-3-1-2-5-4(8)6-3/h6H,1-5H2;1-2H2,(H2,5,6,7,8). The number of piperidine rings is 1. The summed E-state index contributed by atoms with van der Waals surface area (Å²) < 4.78 is 0. The Morgan fingerprint density at radius 1 is 0.929 bits per heavy atom. The zero-order chi connectivity index (χ0) is 10.2. The van der Waals surface area contributed by atoms with Crippen LogP contribution in [0.5, 0.6) is 0 Å². The van der Waals surface area contributed by atoms with Crippen molar-refractivity contribution in [1.29, 1.82) is 0 Å². The Morgan fingerprint density at radius 2 is 1.64 bits per heavy atom. The number of carbonyl (C=O) groups excluding carboxylic acids is 2. The largest absolute Gasteiger partial charge is 0.337 e. The van der Waals surface area contributed by atoms with Gasteiger partial charge in [-0.15, -0.1) is 0 Å². The quantitative estimate of drug-likeness (QED) is 0.513. The SMILES string of the molecule is C1CCNCC1.O=C1CCNC(=O)N1. The van der Waals surface area contributed by atoms with Crippen LogP contribution >= 0.6 is 0 Å².